The molecule has 180 valence electrons. The van der Waals surface area contributed by atoms with Gasteiger partial charge < -0.3 is 9.40 Å². The number of aromatic nitrogens is 1. The highest BCUT2D eigenvalue weighted by Gasteiger charge is 2.73. The van der Waals surface area contributed by atoms with E-state index in [1.165, 1.54) is 0 Å². The number of hydrogen-bond donors (Lipinski definition) is 0. The second-order valence-electron chi connectivity index (χ2n) is 12.0. The third-order valence-corrected chi connectivity index (χ3v) is 9.56. The Balaban J connectivity index is 1.51. The van der Waals surface area contributed by atoms with Crippen molar-refractivity contribution in [1.29, 1.82) is 0 Å². The SMILES string of the molecule is Cc1cc2c(n1-c1ccc(Cl)cc1)CC(C)(C)C/C2=N\OC(=O)C12CCC(C)(C(=O)C1)C2(C)C. The fraction of sp³-hybridized carbons (Fsp3) is 0.536. The van der Waals surface area contributed by atoms with Crippen molar-refractivity contribution in [3.63, 3.8) is 0 Å². The van der Waals surface area contributed by atoms with E-state index in [4.69, 9.17) is 16.4 Å². The van der Waals surface area contributed by atoms with Crippen LogP contribution in [-0.2, 0) is 20.8 Å². The van der Waals surface area contributed by atoms with Crippen molar-refractivity contribution in [1.82, 2.24) is 4.57 Å². The van der Waals surface area contributed by atoms with Crippen molar-refractivity contribution >= 4 is 29.1 Å². The number of oxime groups is 1. The van der Waals surface area contributed by atoms with Crippen LogP contribution in [0.1, 0.15) is 77.3 Å². The van der Waals surface area contributed by atoms with Crippen LogP contribution >= 0.6 is 11.6 Å². The summed E-state index contributed by atoms with van der Waals surface area (Å²) in [5, 5.41) is 5.17. The summed E-state index contributed by atoms with van der Waals surface area (Å²) in [4.78, 5) is 32.0. The highest BCUT2D eigenvalue weighted by Crippen LogP contribution is 2.70. The molecule has 5 rings (SSSR count). The minimum Gasteiger partial charge on any atom is -0.318 e. The van der Waals surface area contributed by atoms with Crippen molar-refractivity contribution < 1.29 is 14.4 Å². The lowest BCUT2D eigenvalue weighted by Crippen LogP contribution is -2.41. The van der Waals surface area contributed by atoms with Crippen molar-refractivity contribution in [2.24, 2.45) is 26.8 Å². The molecule has 0 N–H and O–H groups in total. The molecule has 1 aromatic heterocycles. The molecule has 2 bridgehead atoms. The molecule has 6 heteroatoms. The molecule has 2 saturated carbocycles. The molecule has 34 heavy (non-hydrogen) atoms. The molecule has 1 aromatic carbocycles. The zero-order chi connectivity index (χ0) is 24.7. The van der Waals surface area contributed by atoms with Crippen LogP contribution in [0.4, 0.5) is 0 Å². The molecule has 0 spiro atoms. The normalized spacial score (nSPS) is 30.0. The molecule has 2 aromatic rings. The molecule has 5 nitrogen and oxygen atoms in total. The zero-order valence-corrected chi connectivity index (χ0v) is 21.7. The number of ketones is 1. The molecule has 0 radical (unpaired) electrons. The molecular weight excluding hydrogens is 448 g/mol. The van der Waals surface area contributed by atoms with Crippen LogP contribution in [-0.4, -0.2) is 22.0 Å². The Bertz CT molecular complexity index is 1240. The number of Topliss-reactive ketones (excluding diaryl/α,β-unsaturated/α-hetero) is 1. The van der Waals surface area contributed by atoms with Gasteiger partial charge in [0.05, 0.1) is 11.1 Å². The Kier molecular flexibility index (Phi) is 5.01. The number of carbonyl (C=O) groups is 2. The van der Waals surface area contributed by atoms with Crippen molar-refractivity contribution in [2.45, 2.75) is 73.6 Å². The quantitative estimate of drug-likeness (QED) is 0.375. The number of hydrogen-bond acceptors (Lipinski definition) is 4. The number of fused-ring (bicyclic) bond motifs is 3. The summed E-state index contributed by atoms with van der Waals surface area (Å²) >= 11 is 6.12. The lowest BCUT2D eigenvalue weighted by atomic mass is 9.65. The highest BCUT2D eigenvalue weighted by atomic mass is 35.5. The minimum atomic E-state index is -0.791. The maximum absolute atomic E-state index is 13.5. The largest absolute Gasteiger partial charge is 0.342 e. The van der Waals surface area contributed by atoms with Gasteiger partial charge in [-0.2, -0.15) is 0 Å². The van der Waals surface area contributed by atoms with Gasteiger partial charge in [-0.1, -0.05) is 51.4 Å². The van der Waals surface area contributed by atoms with Gasteiger partial charge in [0.15, 0.2) is 0 Å². The second kappa shape index (κ2) is 7.30. The van der Waals surface area contributed by atoms with Crippen molar-refractivity contribution in [2.75, 3.05) is 0 Å². The fourth-order valence-electron chi connectivity index (χ4n) is 6.71. The zero-order valence-electron chi connectivity index (χ0n) is 20.9. The van der Waals surface area contributed by atoms with Gasteiger partial charge in [0.2, 0.25) is 0 Å². The van der Waals surface area contributed by atoms with E-state index in [0.29, 0.717) is 17.9 Å². The van der Waals surface area contributed by atoms with Crippen LogP contribution < -0.4 is 0 Å². The van der Waals surface area contributed by atoms with Gasteiger partial charge in [-0.15, -0.1) is 0 Å². The summed E-state index contributed by atoms with van der Waals surface area (Å²) in [7, 11) is 0. The number of carbonyl (C=O) groups excluding carboxylic acids is 2. The minimum absolute atomic E-state index is 0.0416. The Morgan fingerprint density at radius 1 is 1.03 bits per heavy atom. The first kappa shape index (κ1) is 23.3. The molecule has 3 aliphatic rings. The monoisotopic (exact) mass is 480 g/mol. The number of nitrogens with zero attached hydrogens (tertiary/aromatic N) is 2. The fourth-order valence-corrected chi connectivity index (χ4v) is 6.83. The number of rotatable bonds is 3. The van der Waals surface area contributed by atoms with Crippen molar-refractivity contribution in [3.8, 4) is 5.69 Å². The Morgan fingerprint density at radius 3 is 2.29 bits per heavy atom. The van der Waals surface area contributed by atoms with Crippen LogP contribution in [0.2, 0.25) is 5.02 Å². The van der Waals surface area contributed by atoms with E-state index in [9.17, 15) is 9.59 Å². The highest BCUT2D eigenvalue weighted by molar-refractivity contribution is 6.30. The molecule has 0 aliphatic heterocycles. The summed E-state index contributed by atoms with van der Waals surface area (Å²) in [5.74, 6) is -0.191. The predicted molar refractivity (Wildman–Crippen MR) is 133 cm³/mol. The average molecular weight is 481 g/mol. The molecule has 0 amide bonds. The van der Waals surface area contributed by atoms with Gasteiger partial charge in [0, 0.05) is 39.5 Å². The van der Waals surface area contributed by atoms with E-state index in [0.717, 1.165) is 41.2 Å². The standard InChI is InChI=1S/C28H33ClN2O3/c1-17-13-20-21(14-25(2,3)15-22(20)31(17)19-9-7-18(29)8-10-19)30-34-24(33)28-12-11-27(6,23(32)16-28)26(28,4)5/h7-10,13H,11-12,14-16H2,1-6H3/b30-21+. The van der Waals surface area contributed by atoms with Gasteiger partial charge >= 0.3 is 5.97 Å². The van der Waals surface area contributed by atoms with E-state index in [1.807, 2.05) is 45.0 Å². The first-order chi connectivity index (χ1) is 15.8. The van der Waals surface area contributed by atoms with Crippen LogP contribution in [0.3, 0.4) is 0 Å². The van der Waals surface area contributed by atoms with Crippen molar-refractivity contribution in [3.05, 3.63) is 52.3 Å². The first-order valence-corrected chi connectivity index (χ1v) is 12.5. The van der Waals surface area contributed by atoms with Crippen LogP contribution in [0.25, 0.3) is 5.69 Å². The van der Waals surface area contributed by atoms with Crippen LogP contribution in [0, 0.1) is 28.6 Å². The molecule has 0 saturated heterocycles. The van der Waals surface area contributed by atoms with Gasteiger partial charge in [-0.25, -0.2) is 4.79 Å². The molecule has 2 unspecified atom stereocenters. The Morgan fingerprint density at radius 2 is 1.71 bits per heavy atom. The first-order valence-electron chi connectivity index (χ1n) is 12.1. The lowest BCUT2D eigenvalue weighted by molar-refractivity contribution is -0.161. The topological polar surface area (TPSA) is 60.7 Å². The van der Waals surface area contributed by atoms with E-state index in [1.54, 1.807) is 0 Å². The predicted octanol–water partition coefficient (Wildman–Crippen LogP) is 6.44. The molecular formula is C28H33ClN2O3. The van der Waals surface area contributed by atoms with Crippen LogP contribution in [0.5, 0.6) is 0 Å². The number of benzene rings is 1. The van der Waals surface area contributed by atoms with Gasteiger partial charge in [0.1, 0.15) is 5.78 Å². The summed E-state index contributed by atoms with van der Waals surface area (Å²) in [6.07, 6.45) is 3.25. The lowest BCUT2D eigenvalue weighted by Gasteiger charge is -2.37. The molecule has 2 fully saturated rings. The Labute approximate surface area is 206 Å². The van der Waals surface area contributed by atoms with Crippen LogP contribution in [0.15, 0.2) is 35.5 Å². The van der Waals surface area contributed by atoms with E-state index in [-0.39, 0.29) is 23.6 Å². The third kappa shape index (κ3) is 3.08. The second-order valence-corrected chi connectivity index (χ2v) is 12.5. The molecule has 3 aliphatic carbocycles. The summed E-state index contributed by atoms with van der Waals surface area (Å²) in [6.45, 7) is 12.6. The Hall–Kier alpha value is -2.40. The summed E-state index contributed by atoms with van der Waals surface area (Å²) in [5.41, 5.74) is 3.37. The number of halogens is 1. The third-order valence-electron chi connectivity index (χ3n) is 9.31. The summed E-state index contributed by atoms with van der Waals surface area (Å²) in [6, 6.07) is 9.95. The maximum atomic E-state index is 13.5. The summed E-state index contributed by atoms with van der Waals surface area (Å²) < 4.78 is 2.24. The molecule has 1 heterocycles. The smallest absolute Gasteiger partial charge is 0.318 e. The average Bonchev–Trinajstić information content (AvgIpc) is 3.24. The van der Waals surface area contributed by atoms with Gasteiger partial charge in [-0.05, 0) is 73.8 Å². The molecule has 2 atom stereocenters. The maximum Gasteiger partial charge on any atom is 0.342 e. The number of aryl methyl sites for hydroxylation is 1. The van der Waals surface area contributed by atoms with Gasteiger partial charge in [0.25, 0.3) is 0 Å². The van der Waals surface area contributed by atoms with Gasteiger partial charge in [-0.3, -0.25) is 4.79 Å². The van der Waals surface area contributed by atoms with E-state index < -0.39 is 16.2 Å². The van der Waals surface area contributed by atoms with E-state index in [2.05, 4.69) is 36.6 Å². The van der Waals surface area contributed by atoms with E-state index >= 15 is 0 Å².